The molecule has 0 bridgehead atoms. The van der Waals surface area contributed by atoms with Crippen molar-refractivity contribution in [2.24, 2.45) is 5.73 Å². The van der Waals surface area contributed by atoms with Crippen molar-refractivity contribution in [3.05, 3.63) is 27.7 Å². The fourth-order valence-electron chi connectivity index (χ4n) is 1.23. The van der Waals surface area contributed by atoms with Gasteiger partial charge in [0.2, 0.25) is 0 Å². The van der Waals surface area contributed by atoms with Crippen molar-refractivity contribution < 1.29 is 4.74 Å². The quantitative estimate of drug-likeness (QED) is 0.872. The Kier molecular flexibility index (Phi) is 4.05. The van der Waals surface area contributed by atoms with Crippen molar-refractivity contribution in [3.63, 3.8) is 0 Å². The zero-order chi connectivity index (χ0) is 10.7. The summed E-state index contributed by atoms with van der Waals surface area (Å²) in [6.45, 7) is 1.93. The lowest BCUT2D eigenvalue weighted by atomic mass is 10.1. The minimum absolute atomic E-state index is 0.0679. The average molecular weight is 234 g/mol. The van der Waals surface area contributed by atoms with Gasteiger partial charge in [0.1, 0.15) is 5.75 Å². The normalized spacial score (nSPS) is 12.6. The first-order chi connectivity index (χ1) is 6.54. The molecular formula is C10H13Cl2NO. The molecule has 0 fully saturated rings. The van der Waals surface area contributed by atoms with Gasteiger partial charge in [0, 0.05) is 11.1 Å². The van der Waals surface area contributed by atoms with E-state index in [1.807, 2.05) is 13.0 Å². The highest BCUT2D eigenvalue weighted by atomic mass is 35.5. The highest BCUT2D eigenvalue weighted by molar-refractivity contribution is 6.36. The molecule has 0 saturated carbocycles. The number of hydrogen-bond acceptors (Lipinski definition) is 2. The number of rotatable bonds is 3. The van der Waals surface area contributed by atoms with Crippen molar-refractivity contribution in [2.45, 2.75) is 19.4 Å². The summed E-state index contributed by atoms with van der Waals surface area (Å²) in [5.74, 6) is 0.631. The lowest BCUT2D eigenvalue weighted by molar-refractivity contribution is 0.414. The maximum atomic E-state index is 6.01. The molecule has 1 rings (SSSR count). The van der Waals surface area contributed by atoms with Gasteiger partial charge in [0.15, 0.2) is 0 Å². The zero-order valence-electron chi connectivity index (χ0n) is 8.18. The number of halogens is 2. The SMILES string of the molecule is COc1cc(CC(C)N)c(Cl)cc1Cl. The predicted octanol–water partition coefficient (Wildman–Crippen LogP) is 2.89. The maximum absolute atomic E-state index is 6.01. The smallest absolute Gasteiger partial charge is 0.137 e. The zero-order valence-corrected chi connectivity index (χ0v) is 9.69. The first-order valence-electron chi connectivity index (χ1n) is 4.32. The Morgan fingerprint density at radius 3 is 2.50 bits per heavy atom. The van der Waals surface area contributed by atoms with E-state index in [0.717, 1.165) is 5.56 Å². The topological polar surface area (TPSA) is 35.2 Å². The third kappa shape index (κ3) is 2.77. The summed E-state index contributed by atoms with van der Waals surface area (Å²) in [5, 5.41) is 1.15. The minimum Gasteiger partial charge on any atom is -0.495 e. The monoisotopic (exact) mass is 233 g/mol. The van der Waals surface area contributed by atoms with E-state index in [1.165, 1.54) is 0 Å². The molecule has 0 spiro atoms. The van der Waals surface area contributed by atoms with E-state index in [2.05, 4.69) is 0 Å². The molecule has 0 radical (unpaired) electrons. The van der Waals surface area contributed by atoms with Crippen LogP contribution in [0.5, 0.6) is 5.75 Å². The molecule has 0 saturated heterocycles. The predicted molar refractivity (Wildman–Crippen MR) is 60.4 cm³/mol. The lowest BCUT2D eigenvalue weighted by Crippen LogP contribution is -2.18. The molecule has 0 amide bonds. The summed E-state index contributed by atoms with van der Waals surface area (Å²) < 4.78 is 5.09. The van der Waals surface area contributed by atoms with Crippen LogP contribution in [0.4, 0.5) is 0 Å². The van der Waals surface area contributed by atoms with Crippen LogP contribution >= 0.6 is 23.2 Å². The van der Waals surface area contributed by atoms with Crippen LogP contribution in [0.1, 0.15) is 12.5 Å². The van der Waals surface area contributed by atoms with Crippen LogP contribution < -0.4 is 10.5 Å². The van der Waals surface area contributed by atoms with Crippen molar-refractivity contribution in [2.75, 3.05) is 7.11 Å². The molecule has 14 heavy (non-hydrogen) atoms. The van der Waals surface area contributed by atoms with Crippen LogP contribution in [-0.2, 0) is 6.42 Å². The summed E-state index contributed by atoms with van der Waals surface area (Å²) in [5.41, 5.74) is 6.65. The van der Waals surface area contributed by atoms with Crippen molar-refractivity contribution in [1.29, 1.82) is 0 Å². The Morgan fingerprint density at radius 1 is 1.36 bits per heavy atom. The van der Waals surface area contributed by atoms with Crippen molar-refractivity contribution >= 4 is 23.2 Å². The Bertz CT molecular complexity index is 326. The van der Waals surface area contributed by atoms with Crippen LogP contribution in [0.2, 0.25) is 10.0 Å². The second-order valence-corrected chi connectivity index (χ2v) is 4.07. The summed E-state index contributed by atoms with van der Waals surface area (Å²) in [4.78, 5) is 0. The van der Waals surface area contributed by atoms with Crippen LogP contribution in [-0.4, -0.2) is 13.2 Å². The second kappa shape index (κ2) is 4.87. The van der Waals surface area contributed by atoms with E-state index in [0.29, 0.717) is 22.2 Å². The second-order valence-electron chi connectivity index (χ2n) is 3.26. The van der Waals surface area contributed by atoms with E-state index in [4.69, 9.17) is 33.7 Å². The van der Waals surface area contributed by atoms with Gasteiger partial charge in [0.25, 0.3) is 0 Å². The molecule has 0 aliphatic rings. The Balaban J connectivity index is 3.04. The molecular weight excluding hydrogens is 221 g/mol. The van der Waals surface area contributed by atoms with E-state index in [1.54, 1.807) is 13.2 Å². The number of methoxy groups -OCH3 is 1. The molecule has 1 aromatic carbocycles. The van der Waals surface area contributed by atoms with E-state index in [9.17, 15) is 0 Å². The van der Waals surface area contributed by atoms with Gasteiger partial charge in [-0.1, -0.05) is 23.2 Å². The molecule has 0 aliphatic heterocycles. The highest BCUT2D eigenvalue weighted by Gasteiger charge is 2.08. The molecule has 78 valence electrons. The van der Waals surface area contributed by atoms with Crippen molar-refractivity contribution in [3.8, 4) is 5.75 Å². The maximum Gasteiger partial charge on any atom is 0.137 e. The third-order valence-electron chi connectivity index (χ3n) is 1.86. The van der Waals surface area contributed by atoms with Gasteiger partial charge in [-0.15, -0.1) is 0 Å². The van der Waals surface area contributed by atoms with Gasteiger partial charge in [-0.25, -0.2) is 0 Å². The largest absolute Gasteiger partial charge is 0.495 e. The van der Waals surface area contributed by atoms with Crippen LogP contribution in [0.25, 0.3) is 0 Å². The first kappa shape index (κ1) is 11.6. The molecule has 0 aromatic heterocycles. The van der Waals surface area contributed by atoms with Gasteiger partial charge in [-0.2, -0.15) is 0 Å². The van der Waals surface area contributed by atoms with Gasteiger partial charge in [0.05, 0.1) is 12.1 Å². The van der Waals surface area contributed by atoms with Crippen LogP contribution in [0, 0.1) is 0 Å². The van der Waals surface area contributed by atoms with Gasteiger partial charge in [-0.3, -0.25) is 0 Å². The fraction of sp³-hybridized carbons (Fsp3) is 0.400. The number of nitrogens with two attached hydrogens (primary N) is 1. The molecule has 4 heteroatoms. The lowest BCUT2D eigenvalue weighted by Gasteiger charge is -2.10. The number of ether oxygens (including phenoxy) is 1. The number of benzene rings is 1. The number of hydrogen-bond donors (Lipinski definition) is 1. The van der Waals surface area contributed by atoms with E-state index < -0.39 is 0 Å². The van der Waals surface area contributed by atoms with Crippen LogP contribution in [0.15, 0.2) is 12.1 Å². The Labute approximate surface area is 94.0 Å². The molecule has 0 heterocycles. The van der Waals surface area contributed by atoms with E-state index >= 15 is 0 Å². The van der Waals surface area contributed by atoms with Gasteiger partial charge >= 0.3 is 0 Å². The van der Waals surface area contributed by atoms with Gasteiger partial charge in [-0.05, 0) is 31.0 Å². The summed E-state index contributed by atoms with van der Waals surface area (Å²) in [7, 11) is 1.57. The molecule has 1 unspecified atom stereocenters. The fourth-order valence-corrected chi connectivity index (χ4v) is 1.77. The highest BCUT2D eigenvalue weighted by Crippen LogP contribution is 2.31. The summed E-state index contributed by atoms with van der Waals surface area (Å²) >= 11 is 11.9. The first-order valence-corrected chi connectivity index (χ1v) is 5.07. The molecule has 2 nitrogen and oxygen atoms in total. The Hall–Kier alpha value is -0.440. The van der Waals surface area contributed by atoms with E-state index in [-0.39, 0.29) is 6.04 Å². The van der Waals surface area contributed by atoms with Crippen molar-refractivity contribution in [1.82, 2.24) is 0 Å². The molecule has 0 aliphatic carbocycles. The van der Waals surface area contributed by atoms with Gasteiger partial charge < -0.3 is 10.5 Å². The van der Waals surface area contributed by atoms with Crippen LogP contribution in [0.3, 0.4) is 0 Å². The molecule has 1 aromatic rings. The minimum atomic E-state index is 0.0679. The Morgan fingerprint density at radius 2 is 2.00 bits per heavy atom. The average Bonchev–Trinajstić information content (AvgIpc) is 2.09. The molecule has 1 atom stereocenters. The molecule has 2 N–H and O–H groups in total. The summed E-state index contributed by atoms with van der Waals surface area (Å²) in [6.07, 6.45) is 0.715. The standard InChI is InChI=1S/C10H13Cl2NO/c1-6(13)3-7-4-10(14-2)9(12)5-8(7)11/h4-6H,3,13H2,1-2H3. The summed E-state index contributed by atoms with van der Waals surface area (Å²) in [6, 6.07) is 3.58. The third-order valence-corrected chi connectivity index (χ3v) is 2.51.